The smallest absolute Gasteiger partial charge is 0.221 e. The Hall–Kier alpha value is -1.95. The summed E-state index contributed by atoms with van der Waals surface area (Å²) >= 11 is 0. The number of anilines is 1. The molecule has 0 heterocycles. The molecule has 1 aromatic carbocycles. The van der Waals surface area contributed by atoms with E-state index in [1.165, 1.54) is 0 Å². The SMILES string of the molecule is C#CC(C)NC(=O)CCc1ccccc1N. The highest BCUT2D eigenvalue weighted by Crippen LogP contribution is 2.12. The number of nitrogens with one attached hydrogen (secondary N) is 1. The van der Waals surface area contributed by atoms with Crippen LogP contribution in [0.3, 0.4) is 0 Å². The van der Waals surface area contributed by atoms with Gasteiger partial charge >= 0.3 is 0 Å². The third-order valence-electron chi connectivity index (χ3n) is 2.30. The topological polar surface area (TPSA) is 55.1 Å². The van der Waals surface area contributed by atoms with E-state index in [4.69, 9.17) is 12.2 Å². The van der Waals surface area contributed by atoms with Gasteiger partial charge in [-0.25, -0.2) is 0 Å². The number of carbonyl (C=O) groups is 1. The highest BCUT2D eigenvalue weighted by atomic mass is 16.1. The van der Waals surface area contributed by atoms with Gasteiger partial charge < -0.3 is 11.1 Å². The Bertz CT molecular complexity index is 407. The second-order valence-electron chi connectivity index (χ2n) is 3.65. The van der Waals surface area contributed by atoms with Gasteiger partial charge in [-0.05, 0) is 25.0 Å². The quantitative estimate of drug-likeness (QED) is 0.589. The molecule has 3 nitrogen and oxygen atoms in total. The van der Waals surface area contributed by atoms with Crippen LogP contribution in [-0.4, -0.2) is 11.9 Å². The minimum absolute atomic E-state index is 0.0475. The third kappa shape index (κ3) is 3.66. The fraction of sp³-hybridized carbons (Fsp3) is 0.308. The summed E-state index contributed by atoms with van der Waals surface area (Å²) in [7, 11) is 0. The number of para-hydroxylation sites is 1. The maximum Gasteiger partial charge on any atom is 0.221 e. The van der Waals surface area contributed by atoms with Crippen molar-refractivity contribution in [3.63, 3.8) is 0 Å². The second kappa shape index (κ2) is 5.82. The molecule has 1 rings (SSSR count). The average Bonchev–Trinajstić information content (AvgIpc) is 2.28. The fourth-order valence-electron chi connectivity index (χ4n) is 1.37. The van der Waals surface area contributed by atoms with Crippen LogP contribution in [0, 0.1) is 12.3 Å². The van der Waals surface area contributed by atoms with Crippen molar-refractivity contribution in [2.24, 2.45) is 0 Å². The Morgan fingerprint density at radius 3 is 2.88 bits per heavy atom. The van der Waals surface area contributed by atoms with E-state index in [-0.39, 0.29) is 11.9 Å². The van der Waals surface area contributed by atoms with E-state index in [1.54, 1.807) is 6.92 Å². The number of benzene rings is 1. The van der Waals surface area contributed by atoms with Crippen LogP contribution in [0.2, 0.25) is 0 Å². The zero-order chi connectivity index (χ0) is 12.0. The molecule has 0 aliphatic carbocycles. The molecule has 0 aromatic heterocycles. The van der Waals surface area contributed by atoms with Gasteiger partial charge in [0.15, 0.2) is 0 Å². The van der Waals surface area contributed by atoms with Crippen LogP contribution in [-0.2, 0) is 11.2 Å². The summed E-state index contributed by atoms with van der Waals surface area (Å²) < 4.78 is 0. The van der Waals surface area contributed by atoms with Gasteiger partial charge in [0.05, 0.1) is 6.04 Å². The summed E-state index contributed by atoms with van der Waals surface area (Å²) in [5, 5.41) is 2.70. The van der Waals surface area contributed by atoms with Crippen LogP contribution in [0.1, 0.15) is 18.9 Å². The predicted octanol–water partition coefficient (Wildman–Crippen LogP) is 1.34. The van der Waals surface area contributed by atoms with Crippen molar-refractivity contribution in [1.82, 2.24) is 5.32 Å². The number of aryl methyl sites for hydroxylation is 1. The van der Waals surface area contributed by atoms with Crippen LogP contribution in [0.5, 0.6) is 0 Å². The standard InChI is InChI=1S/C13H16N2O/c1-3-10(2)15-13(16)9-8-11-6-4-5-7-12(11)14/h1,4-7,10H,8-9,14H2,2H3,(H,15,16). The molecule has 0 radical (unpaired) electrons. The van der Waals surface area contributed by atoms with Crippen molar-refractivity contribution < 1.29 is 4.79 Å². The summed E-state index contributed by atoms with van der Waals surface area (Å²) in [4.78, 5) is 11.4. The van der Waals surface area contributed by atoms with Gasteiger partial charge in [-0.1, -0.05) is 24.1 Å². The lowest BCUT2D eigenvalue weighted by Gasteiger charge is -2.08. The molecule has 0 saturated heterocycles. The molecule has 1 amide bonds. The van der Waals surface area contributed by atoms with Crippen molar-refractivity contribution in [2.45, 2.75) is 25.8 Å². The number of terminal acetylenes is 1. The van der Waals surface area contributed by atoms with Crippen LogP contribution in [0.15, 0.2) is 24.3 Å². The van der Waals surface area contributed by atoms with E-state index in [0.717, 1.165) is 11.3 Å². The van der Waals surface area contributed by atoms with Gasteiger partial charge in [-0.15, -0.1) is 6.42 Å². The first-order chi connectivity index (χ1) is 7.63. The van der Waals surface area contributed by atoms with E-state index in [9.17, 15) is 4.79 Å². The first-order valence-corrected chi connectivity index (χ1v) is 5.22. The summed E-state index contributed by atoms with van der Waals surface area (Å²) in [6.45, 7) is 1.77. The molecule has 1 aromatic rings. The molecule has 84 valence electrons. The van der Waals surface area contributed by atoms with Crippen LogP contribution < -0.4 is 11.1 Å². The van der Waals surface area contributed by atoms with E-state index >= 15 is 0 Å². The Labute approximate surface area is 96.0 Å². The zero-order valence-electron chi connectivity index (χ0n) is 9.36. The molecule has 0 aliphatic heterocycles. The molecule has 1 atom stereocenters. The highest BCUT2D eigenvalue weighted by Gasteiger charge is 2.06. The van der Waals surface area contributed by atoms with Crippen LogP contribution in [0.25, 0.3) is 0 Å². The summed E-state index contributed by atoms with van der Waals surface area (Å²) in [5.74, 6) is 2.40. The number of carbonyl (C=O) groups excluding carboxylic acids is 1. The van der Waals surface area contributed by atoms with Gasteiger partial charge in [-0.3, -0.25) is 4.79 Å². The molecule has 0 aliphatic rings. The number of amides is 1. The van der Waals surface area contributed by atoms with E-state index in [0.29, 0.717) is 12.8 Å². The lowest BCUT2D eigenvalue weighted by molar-refractivity contribution is -0.121. The number of hydrogen-bond acceptors (Lipinski definition) is 2. The van der Waals surface area contributed by atoms with Gasteiger partial charge in [-0.2, -0.15) is 0 Å². The van der Waals surface area contributed by atoms with E-state index < -0.39 is 0 Å². The molecule has 3 heteroatoms. The van der Waals surface area contributed by atoms with E-state index in [1.807, 2.05) is 24.3 Å². The number of nitrogen functional groups attached to an aromatic ring is 1. The lowest BCUT2D eigenvalue weighted by atomic mass is 10.1. The summed E-state index contributed by atoms with van der Waals surface area (Å²) in [6.07, 6.45) is 6.20. The van der Waals surface area contributed by atoms with Gasteiger partial charge in [0.2, 0.25) is 5.91 Å². The molecule has 1 unspecified atom stereocenters. The third-order valence-corrected chi connectivity index (χ3v) is 2.30. The maximum atomic E-state index is 11.4. The van der Waals surface area contributed by atoms with Gasteiger partial charge in [0.25, 0.3) is 0 Å². The predicted molar refractivity (Wildman–Crippen MR) is 65.6 cm³/mol. The maximum absolute atomic E-state index is 11.4. The average molecular weight is 216 g/mol. The summed E-state index contributed by atoms with van der Waals surface area (Å²) in [5.41, 5.74) is 7.48. The largest absolute Gasteiger partial charge is 0.399 e. The van der Waals surface area contributed by atoms with Crippen molar-refractivity contribution in [3.8, 4) is 12.3 Å². The molecule has 3 N–H and O–H groups in total. The monoisotopic (exact) mass is 216 g/mol. The molecular weight excluding hydrogens is 200 g/mol. The Balaban J connectivity index is 2.44. The number of nitrogens with two attached hydrogens (primary N) is 1. The summed E-state index contributed by atoms with van der Waals surface area (Å²) in [6, 6.07) is 7.32. The molecular formula is C13H16N2O. The van der Waals surface area contributed by atoms with Crippen LogP contribution in [0.4, 0.5) is 5.69 Å². The zero-order valence-corrected chi connectivity index (χ0v) is 9.36. The molecule has 16 heavy (non-hydrogen) atoms. The van der Waals surface area contributed by atoms with Gasteiger partial charge in [0, 0.05) is 12.1 Å². The Kier molecular flexibility index (Phi) is 4.41. The first-order valence-electron chi connectivity index (χ1n) is 5.22. The van der Waals surface area contributed by atoms with Crippen molar-refractivity contribution >= 4 is 11.6 Å². The highest BCUT2D eigenvalue weighted by molar-refractivity contribution is 5.77. The number of hydrogen-bond donors (Lipinski definition) is 2. The van der Waals surface area contributed by atoms with Crippen molar-refractivity contribution in [3.05, 3.63) is 29.8 Å². The minimum Gasteiger partial charge on any atom is -0.399 e. The number of rotatable bonds is 4. The lowest BCUT2D eigenvalue weighted by Crippen LogP contribution is -2.31. The van der Waals surface area contributed by atoms with Crippen molar-refractivity contribution in [2.75, 3.05) is 5.73 Å². The second-order valence-corrected chi connectivity index (χ2v) is 3.65. The molecule has 0 spiro atoms. The first kappa shape index (κ1) is 12.1. The molecule has 0 fully saturated rings. The van der Waals surface area contributed by atoms with Crippen molar-refractivity contribution in [1.29, 1.82) is 0 Å². The van der Waals surface area contributed by atoms with E-state index in [2.05, 4.69) is 11.2 Å². The Morgan fingerprint density at radius 2 is 2.25 bits per heavy atom. The molecule has 0 bridgehead atoms. The Morgan fingerprint density at radius 1 is 1.56 bits per heavy atom. The normalized spacial score (nSPS) is 11.5. The minimum atomic E-state index is -0.222. The molecule has 0 saturated carbocycles. The fourth-order valence-corrected chi connectivity index (χ4v) is 1.37. The van der Waals surface area contributed by atoms with Gasteiger partial charge in [0.1, 0.15) is 0 Å². The van der Waals surface area contributed by atoms with Crippen LogP contribution >= 0.6 is 0 Å².